The third kappa shape index (κ3) is 4.72. The lowest BCUT2D eigenvalue weighted by Gasteiger charge is -2.35. The fourth-order valence-corrected chi connectivity index (χ4v) is 4.44. The topological polar surface area (TPSA) is 62.5 Å². The average Bonchev–Trinajstić information content (AvgIpc) is 3.08. The molecule has 3 aromatic rings. The van der Waals surface area contributed by atoms with E-state index in [2.05, 4.69) is 47.3 Å². The molecule has 0 aliphatic carbocycles. The summed E-state index contributed by atoms with van der Waals surface area (Å²) in [7, 11) is 2.15. The lowest BCUT2D eigenvalue weighted by molar-refractivity contribution is -0.121. The minimum atomic E-state index is -0.0441. The van der Waals surface area contributed by atoms with Crippen LogP contribution in [0.2, 0.25) is 0 Å². The summed E-state index contributed by atoms with van der Waals surface area (Å²) >= 11 is 0. The van der Waals surface area contributed by atoms with Crippen LogP contribution in [0.4, 0.5) is 5.69 Å². The van der Waals surface area contributed by atoms with Crippen molar-refractivity contribution >= 4 is 22.6 Å². The van der Waals surface area contributed by atoms with Gasteiger partial charge in [0.2, 0.25) is 5.91 Å². The Morgan fingerprint density at radius 3 is 2.22 bits per heavy atom. The highest BCUT2D eigenvalue weighted by Gasteiger charge is 2.17. The Kier molecular flexibility index (Phi) is 6.95. The Balaban J connectivity index is 1.40. The summed E-state index contributed by atoms with van der Waals surface area (Å²) < 4.78 is 3.53. The Morgan fingerprint density at radius 2 is 1.53 bits per heavy atom. The number of likely N-dealkylation sites (N-methyl/N-ethyl adjacent to an activating group) is 1. The molecule has 4 rings (SSSR count). The molecule has 0 bridgehead atoms. The van der Waals surface area contributed by atoms with Gasteiger partial charge in [0.25, 0.3) is 0 Å². The van der Waals surface area contributed by atoms with Crippen molar-refractivity contribution < 1.29 is 4.79 Å². The number of carbonyl (C=O) groups is 1. The van der Waals surface area contributed by atoms with E-state index in [0.29, 0.717) is 19.6 Å². The van der Waals surface area contributed by atoms with Gasteiger partial charge in [0, 0.05) is 57.9 Å². The third-order valence-electron chi connectivity index (χ3n) is 6.25. The first-order chi connectivity index (χ1) is 15.6. The van der Waals surface area contributed by atoms with E-state index in [4.69, 9.17) is 0 Å². The van der Waals surface area contributed by atoms with Crippen molar-refractivity contribution in [3.05, 3.63) is 64.6 Å². The minimum Gasteiger partial charge on any atom is -0.369 e. The number of aryl methyl sites for hydroxylation is 2. The zero-order valence-electron chi connectivity index (χ0n) is 19.1. The van der Waals surface area contributed by atoms with Gasteiger partial charge in [-0.2, -0.15) is 0 Å². The lowest BCUT2D eigenvalue weighted by atomic mass is 10.1. The molecular weight excluding hydrogens is 402 g/mol. The number of benzene rings is 2. The van der Waals surface area contributed by atoms with Crippen LogP contribution >= 0.6 is 0 Å². The van der Waals surface area contributed by atoms with Crippen LogP contribution in [0.15, 0.2) is 53.3 Å². The van der Waals surface area contributed by atoms with E-state index in [9.17, 15) is 9.59 Å². The van der Waals surface area contributed by atoms with E-state index in [1.165, 1.54) is 5.69 Å². The number of hydrogen-bond donors (Lipinski definition) is 1. The fourth-order valence-electron chi connectivity index (χ4n) is 4.44. The Hall–Kier alpha value is -3.06. The van der Waals surface area contributed by atoms with Crippen LogP contribution in [0.5, 0.6) is 0 Å². The molecule has 0 atom stereocenters. The molecule has 1 aromatic heterocycles. The van der Waals surface area contributed by atoms with Crippen LogP contribution in [0.25, 0.3) is 11.0 Å². The second kappa shape index (κ2) is 10.0. The fraction of sp³-hybridized carbons (Fsp3) is 0.440. The molecular formula is C25H33N5O2. The number of rotatable bonds is 8. The number of anilines is 1. The van der Waals surface area contributed by atoms with Gasteiger partial charge in [-0.15, -0.1) is 0 Å². The van der Waals surface area contributed by atoms with Gasteiger partial charge in [0.05, 0.1) is 11.0 Å². The van der Waals surface area contributed by atoms with Gasteiger partial charge in [-0.05, 0) is 37.2 Å². The van der Waals surface area contributed by atoms with Gasteiger partial charge in [-0.3, -0.25) is 13.9 Å². The van der Waals surface area contributed by atoms with Crippen LogP contribution in [-0.4, -0.2) is 53.2 Å². The van der Waals surface area contributed by atoms with Gasteiger partial charge in [-0.1, -0.05) is 37.3 Å². The highest BCUT2D eigenvalue weighted by atomic mass is 16.2. The number of aromatic nitrogens is 2. The Morgan fingerprint density at radius 1 is 0.906 bits per heavy atom. The maximum absolute atomic E-state index is 12.9. The van der Waals surface area contributed by atoms with Crippen molar-refractivity contribution in [1.82, 2.24) is 19.4 Å². The average molecular weight is 436 g/mol. The summed E-state index contributed by atoms with van der Waals surface area (Å²) in [6.45, 7) is 7.68. The van der Waals surface area contributed by atoms with Gasteiger partial charge < -0.3 is 15.1 Å². The first kappa shape index (κ1) is 22.1. The smallest absolute Gasteiger partial charge is 0.329 e. The zero-order valence-corrected chi connectivity index (χ0v) is 19.1. The molecule has 2 heterocycles. The van der Waals surface area contributed by atoms with Gasteiger partial charge >= 0.3 is 5.69 Å². The molecule has 7 nitrogen and oxygen atoms in total. The molecule has 170 valence electrons. The van der Waals surface area contributed by atoms with E-state index >= 15 is 0 Å². The molecule has 1 aliphatic heterocycles. The SMILES string of the molecule is CCCn1c(=O)n(CCC(=O)NCc2ccccc2N2CCN(C)CC2)c2ccccc21. The van der Waals surface area contributed by atoms with Crippen molar-refractivity contribution in [2.45, 2.75) is 39.4 Å². The summed E-state index contributed by atoms with van der Waals surface area (Å²) in [6, 6.07) is 16.1. The molecule has 0 spiro atoms. The molecule has 1 N–H and O–H groups in total. The standard InChI is InChI=1S/C25H33N5O2/c1-3-13-29-22-10-6-7-11-23(22)30(25(29)32)14-12-24(31)26-19-20-8-4-5-9-21(20)28-17-15-27(2)16-18-28/h4-11H,3,12-19H2,1-2H3,(H,26,31). The number of nitrogens with one attached hydrogen (secondary N) is 1. The summed E-state index contributed by atoms with van der Waals surface area (Å²) in [4.78, 5) is 30.3. The molecule has 0 saturated carbocycles. The number of imidazole rings is 1. The van der Waals surface area contributed by atoms with Crippen molar-refractivity contribution in [2.24, 2.45) is 0 Å². The summed E-state index contributed by atoms with van der Waals surface area (Å²) in [5, 5.41) is 3.06. The highest BCUT2D eigenvalue weighted by Crippen LogP contribution is 2.21. The first-order valence-corrected chi connectivity index (χ1v) is 11.5. The number of para-hydroxylation sites is 3. The van der Waals surface area contributed by atoms with E-state index in [-0.39, 0.29) is 18.0 Å². The molecule has 1 fully saturated rings. The van der Waals surface area contributed by atoms with Crippen LogP contribution < -0.4 is 15.9 Å². The number of amides is 1. The Bertz CT molecular complexity index is 1120. The normalized spacial score (nSPS) is 14.8. The third-order valence-corrected chi connectivity index (χ3v) is 6.25. The Labute approximate surface area is 189 Å². The number of fused-ring (bicyclic) bond motifs is 1. The van der Waals surface area contributed by atoms with Crippen molar-refractivity contribution in [3.63, 3.8) is 0 Å². The highest BCUT2D eigenvalue weighted by molar-refractivity contribution is 5.78. The molecule has 0 radical (unpaired) electrons. The maximum atomic E-state index is 12.9. The molecule has 1 amide bonds. The summed E-state index contributed by atoms with van der Waals surface area (Å²) in [5.74, 6) is -0.0441. The molecule has 7 heteroatoms. The minimum absolute atomic E-state index is 0.0405. The zero-order chi connectivity index (χ0) is 22.5. The predicted molar refractivity (Wildman–Crippen MR) is 129 cm³/mol. The van der Waals surface area contributed by atoms with Crippen LogP contribution in [0, 0.1) is 0 Å². The quantitative estimate of drug-likeness (QED) is 0.591. The monoisotopic (exact) mass is 435 g/mol. The number of carbonyl (C=O) groups excluding carboxylic acids is 1. The molecule has 1 aliphatic rings. The lowest BCUT2D eigenvalue weighted by Crippen LogP contribution is -2.45. The molecule has 0 unspecified atom stereocenters. The number of nitrogens with zero attached hydrogens (tertiary/aromatic N) is 4. The largest absolute Gasteiger partial charge is 0.369 e. The second-order valence-electron chi connectivity index (χ2n) is 8.52. The summed E-state index contributed by atoms with van der Waals surface area (Å²) in [5.41, 5.74) is 4.10. The molecule has 32 heavy (non-hydrogen) atoms. The molecule has 1 saturated heterocycles. The van der Waals surface area contributed by atoms with E-state index < -0.39 is 0 Å². The van der Waals surface area contributed by atoms with Gasteiger partial charge in [0.15, 0.2) is 0 Å². The van der Waals surface area contributed by atoms with Crippen LogP contribution in [-0.2, 0) is 24.4 Å². The van der Waals surface area contributed by atoms with Gasteiger partial charge in [-0.25, -0.2) is 4.79 Å². The number of hydrogen-bond acceptors (Lipinski definition) is 4. The van der Waals surface area contributed by atoms with Crippen molar-refractivity contribution in [3.8, 4) is 0 Å². The van der Waals surface area contributed by atoms with Crippen molar-refractivity contribution in [1.29, 1.82) is 0 Å². The molecule has 2 aromatic carbocycles. The van der Waals surface area contributed by atoms with Crippen molar-refractivity contribution in [2.75, 3.05) is 38.1 Å². The first-order valence-electron chi connectivity index (χ1n) is 11.5. The second-order valence-corrected chi connectivity index (χ2v) is 8.52. The van der Waals surface area contributed by atoms with E-state index in [1.807, 2.05) is 30.3 Å². The van der Waals surface area contributed by atoms with Gasteiger partial charge in [0.1, 0.15) is 0 Å². The van der Waals surface area contributed by atoms with Crippen LogP contribution in [0.1, 0.15) is 25.3 Å². The van der Waals surface area contributed by atoms with E-state index in [1.54, 1.807) is 9.13 Å². The maximum Gasteiger partial charge on any atom is 0.329 e. The number of piperazine rings is 1. The van der Waals surface area contributed by atoms with Crippen LogP contribution in [0.3, 0.4) is 0 Å². The van der Waals surface area contributed by atoms with E-state index in [0.717, 1.165) is 49.2 Å². The summed E-state index contributed by atoms with van der Waals surface area (Å²) in [6.07, 6.45) is 1.16. The predicted octanol–water partition coefficient (Wildman–Crippen LogP) is 2.67.